The largest absolute Gasteiger partial charge is 0.376 e. The molecule has 2 aromatic rings. The van der Waals surface area contributed by atoms with Crippen molar-refractivity contribution in [3.05, 3.63) is 60.4 Å². The van der Waals surface area contributed by atoms with Crippen LogP contribution >= 0.6 is 0 Å². The zero-order valence-corrected chi connectivity index (χ0v) is 12.2. The Labute approximate surface area is 124 Å². The maximum Gasteiger partial charge on any atom is 0.246 e. The molecule has 2 aromatic carbocycles. The Balaban J connectivity index is 2.06. The molecule has 1 amide bonds. The number of nitrogens with one attached hydrogen (secondary N) is 1. The molecule has 0 atom stereocenters. The summed E-state index contributed by atoms with van der Waals surface area (Å²) in [5.41, 5.74) is 1.46. The van der Waals surface area contributed by atoms with Gasteiger partial charge in [-0.25, -0.2) is 4.39 Å². The number of carbonyl (C=O) groups is 1. The zero-order valence-electron chi connectivity index (χ0n) is 12.2. The molecule has 4 heteroatoms. The van der Waals surface area contributed by atoms with Gasteiger partial charge in [0.15, 0.2) is 0 Å². The van der Waals surface area contributed by atoms with Gasteiger partial charge in [-0.05, 0) is 44.2 Å². The molecule has 0 saturated carbocycles. The topological polar surface area (TPSA) is 32.3 Å². The second-order valence-corrected chi connectivity index (χ2v) is 5.06. The van der Waals surface area contributed by atoms with E-state index in [0.717, 1.165) is 5.69 Å². The number of carbonyl (C=O) groups excluding carboxylic acids is 1. The Bertz CT molecular complexity index is 599. The van der Waals surface area contributed by atoms with Crippen molar-refractivity contribution >= 4 is 17.3 Å². The van der Waals surface area contributed by atoms with Crippen molar-refractivity contribution in [3.63, 3.8) is 0 Å². The third-order valence-electron chi connectivity index (χ3n) is 3.09. The molecule has 0 saturated heterocycles. The van der Waals surface area contributed by atoms with Gasteiger partial charge in [0.2, 0.25) is 5.91 Å². The number of hydrogen-bond acceptors (Lipinski definition) is 2. The summed E-state index contributed by atoms with van der Waals surface area (Å²) in [6, 6.07) is 15.7. The van der Waals surface area contributed by atoms with E-state index in [2.05, 4.69) is 5.32 Å². The predicted octanol–water partition coefficient (Wildman–Crippen LogP) is 3.68. The molecular weight excluding hydrogens is 267 g/mol. The number of rotatable bonds is 5. The van der Waals surface area contributed by atoms with Crippen LogP contribution in [-0.4, -0.2) is 18.5 Å². The van der Waals surface area contributed by atoms with Crippen molar-refractivity contribution in [2.24, 2.45) is 0 Å². The van der Waals surface area contributed by atoms with Gasteiger partial charge in [0, 0.05) is 17.4 Å². The summed E-state index contributed by atoms with van der Waals surface area (Å²) in [6.45, 7) is 4.05. The van der Waals surface area contributed by atoms with Crippen LogP contribution in [0.1, 0.15) is 13.8 Å². The Morgan fingerprint density at radius 3 is 2.48 bits per heavy atom. The summed E-state index contributed by atoms with van der Waals surface area (Å²) in [5.74, 6) is -0.378. The van der Waals surface area contributed by atoms with Crippen LogP contribution in [0.5, 0.6) is 0 Å². The molecule has 110 valence electrons. The first-order valence-corrected chi connectivity index (χ1v) is 6.94. The van der Waals surface area contributed by atoms with E-state index in [-0.39, 0.29) is 24.3 Å². The molecule has 1 N–H and O–H groups in total. The monoisotopic (exact) mass is 286 g/mol. The molecule has 0 unspecified atom stereocenters. The fraction of sp³-hybridized carbons (Fsp3) is 0.235. The van der Waals surface area contributed by atoms with Crippen molar-refractivity contribution in [3.8, 4) is 0 Å². The van der Waals surface area contributed by atoms with E-state index in [1.807, 2.05) is 44.2 Å². The van der Waals surface area contributed by atoms with E-state index in [9.17, 15) is 9.18 Å². The maximum absolute atomic E-state index is 13.1. The molecule has 0 aliphatic rings. The van der Waals surface area contributed by atoms with Gasteiger partial charge >= 0.3 is 0 Å². The van der Waals surface area contributed by atoms with Gasteiger partial charge in [0.25, 0.3) is 0 Å². The van der Waals surface area contributed by atoms with Crippen LogP contribution in [0.3, 0.4) is 0 Å². The van der Waals surface area contributed by atoms with Gasteiger partial charge in [0.05, 0.1) is 6.54 Å². The highest BCUT2D eigenvalue weighted by Crippen LogP contribution is 2.17. The van der Waals surface area contributed by atoms with Crippen molar-refractivity contribution in [1.82, 2.24) is 0 Å². The lowest BCUT2D eigenvalue weighted by atomic mass is 10.2. The number of para-hydroxylation sites is 1. The van der Waals surface area contributed by atoms with E-state index in [1.165, 1.54) is 12.1 Å². The summed E-state index contributed by atoms with van der Waals surface area (Å²) >= 11 is 0. The molecule has 0 radical (unpaired) electrons. The van der Waals surface area contributed by atoms with Crippen LogP contribution in [0.4, 0.5) is 15.8 Å². The molecule has 0 fully saturated rings. The summed E-state index contributed by atoms with van der Waals surface area (Å²) in [4.78, 5) is 14.1. The first kappa shape index (κ1) is 15.0. The molecule has 3 nitrogen and oxygen atoms in total. The smallest absolute Gasteiger partial charge is 0.246 e. The van der Waals surface area contributed by atoms with Gasteiger partial charge in [0.1, 0.15) is 5.82 Å². The Morgan fingerprint density at radius 1 is 1.14 bits per heavy atom. The summed E-state index contributed by atoms with van der Waals surface area (Å²) in [6.07, 6.45) is 0. The molecule has 0 aliphatic heterocycles. The molecule has 0 heterocycles. The van der Waals surface area contributed by atoms with Crippen LogP contribution in [-0.2, 0) is 4.79 Å². The number of halogens is 1. The van der Waals surface area contributed by atoms with Crippen molar-refractivity contribution in [2.45, 2.75) is 19.9 Å². The molecule has 0 aromatic heterocycles. The van der Waals surface area contributed by atoms with E-state index < -0.39 is 0 Å². The minimum Gasteiger partial charge on any atom is -0.376 e. The Kier molecular flexibility index (Phi) is 4.93. The lowest BCUT2D eigenvalue weighted by Crippen LogP contribution is -2.40. The van der Waals surface area contributed by atoms with Crippen LogP contribution in [0, 0.1) is 5.82 Å². The molecule has 21 heavy (non-hydrogen) atoms. The number of anilines is 2. The zero-order chi connectivity index (χ0) is 15.2. The quantitative estimate of drug-likeness (QED) is 0.909. The number of benzene rings is 2. The van der Waals surface area contributed by atoms with Gasteiger partial charge in [-0.15, -0.1) is 0 Å². The minimum atomic E-state index is -0.323. The Morgan fingerprint density at radius 2 is 1.86 bits per heavy atom. The fourth-order valence-corrected chi connectivity index (χ4v) is 2.18. The highest BCUT2D eigenvalue weighted by atomic mass is 19.1. The molecule has 0 aliphatic carbocycles. The standard InChI is InChI=1S/C17H19FN2O/c1-13(2)20(16-9-4-3-5-10-16)17(21)12-19-15-8-6-7-14(18)11-15/h3-11,13,19H,12H2,1-2H3. The van der Waals surface area contributed by atoms with E-state index in [0.29, 0.717) is 5.69 Å². The van der Waals surface area contributed by atoms with Crippen LogP contribution in [0.2, 0.25) is 0 Å². The van der Waals surface area contributed by atoms with E-state index in [1.54, 1.807) is 17.0 Å². The SMILES string of the molecule is CC(C)N(C(=O)CNc1cccc(F)c1)c1ccccc1. The second kappa shape index (κ2) is 6.88. The van der Waals surface area contributed by atoms with Crippen molar-refractivity contribution in [2.75, 3.05) is 16.8 Å². The lowest BCUT2D eigenvalue weighted by Gasteiger charge is -2.27. The first-order valence-electron chi connectivity index (χ1n) is 6.94. The van der Waals surface area contributed by atoms with Crippen LogP contribution in [0.25, 0.3) is 0 Å². The normalized spacial score (nSPS) is 10.5. The first-order chi connectivity index (χ1) is 10.1. The fourth-order valence-electron chi connectivity index (χ4n) is 2.18. The highest BCUT2D eigenvalue weighted by molar-refractivity contribution is 5.96. The Hall–Kier alpha value is -2.36. The molecule has 0 bridgehead atoms. The summed E-state index contributed by atoms with van der Waals surface area (Å²) < 4.78 is 13.1. The average Bonchev–Trinajstić information content (AvgIpc) is 2.46. The van der Waals surface area contributed by atoms with Gasteiger partial charge in [-0.3, -0.25) is 4.79 Å². The van der Waals surface area contributed by atoms with Crippen molar-refractivity contribution < 1.29 is 9.18 Å². The van der Waals surface area contributed by atoms with Crippen LogP contribution in [0.15, 0.2) is 54.6 Å². The van der Waals surface area contributed by atoms with E-state index in [4.69, 9.17) is 0 Å². The lowest BCUT2D eigenvalue weighted by molar-refractivity contribution is -0.117. The van der Waals surface area contributed by atoms with Crippen molar-refractivity contribution in [1.29, 1.82) is 0 Å². The van der Waals surface area contributed by atoms with E-state index >= 15 is 0 Å². The molecule has 0 spiro atoms. The highest BCUT2D eigenvalue weighted by Gasteiger charge is 2.18. The third-order valence-corrected chi connectivity index (χ3v) is 3.09. The number of nitrogens with zero attached hydrogens (tertiary/aromatic N) is 1. The maximum atomic E-state index is 13.1. The van der Waals surface area contributed by atoms with Gasteiger partial charge < -0.3 is 10.2 Å². The summed E-state index contributed by atoms with van der Waals surface area (Å²) in [7, 11) is 0. The molecule has 2 rings (SSSR count). The molecular formula is C17H19FN2O. The summed E-state index contributed by atoms with van der Waals surface area (Å²) in [5, 5.41) is 2.96. The minimum absolute atomic E-state index is 0.0502. The predicted molar refractivity (Wildman–Crippen MR) is 84.0 cm³/mol. The van der Waals surface area contributed by atoms with Crippen LogP contribution < -0.4 is 10.2 Å². The number of amides is 1. The van der Waals surface area contributed by atoms with Gasteiger partial charge in [-0.2, -0.15) is 0 Å². The second-order valence-electron chi connectivity index (χ2n) is 5.06. The average molecular weight is 286 g/mol. The number of hydrogen-bond donors (Lipinski definition) is 1. The van der Waals surface area contributed by atoms with Gasteiger partial charge in [-0.1, -0.05) is 24.3 Å². The third kappa shape index (κ3) is 4.05.